The Kier molecular flexibility index (Phi) is 3.16. The van der Waals surface area contributed by atoms with Crippen LogP contribution >= 0.6 is 0 Å². The van der Waals surface area contributed by atoms with Crippen molar-refractivity contribution in [2.24, 2.45) is 0 Å². The van der Waals surface area contributed by atoms with E-state index >= 15 is 0 Å². The van der Waals surface area contributed by atoms with Crippen LogP contribution in [0.3, 0.4) is 0 Å². The van der Waals surface area contributed by atoms with Gasteiger partial charge in [-0.3, -0.25) is 4.72 Å². The molecule has 0 spiro atoms. The number of hydrogen-bond donors (Lipinski definition) is 1. The van der Waals surface area contributed by atoms with Crippen LogP contribution in [-0.2, 0) is 10.0 Å². The molecular formula is C16H12NO2S. The molecular weight excluding hydrogens is 270 g/mol. The first-order valence-corrected chi connectivity index (χ1v) is 7.61. The van der Waals surface area contributed by atoms with Crippen molar-refractivity contribution < 1.29 is 8.42 Å². The Morgan fingerprint density at radius 1 is 0.850 bits per heavy atom. The number of fused-ring (bicyclic) bond motifs is 1. The smallest absolute Gasteiger partial charge is 0.261 e. The van der Waals surface area contributed by atoms with Gasteiger partial charge in [0.05, 0.1) is 4.90 Å². The predicted molar refractivity (Wildman–Crippen MR) is 80.0 cm³/mol. The Morgan fingerprint density at radius 2 is 1.55 bits per heavy atom. The van der Waals surface area contributed by atoms with Crippen LogP contribution in [0, 0.1) is 6.07 Å². The van der Waals surface area contributed by atoms with Crippen molar-refractivity contribution in [3.63, 3.8) is 0 Å². The summed E-state index contributed by atoms with van der Waals surface area (Å²) in [5, 5.41) is 1.91. The van der Waals surface area contributed by atoms with Gasteiger partial charge in [-0.05, 0) is 41.1 Å². The average Bonchev–Trinajstić information content (AvgIpc) is 2.47. The van der Waals surface area contributed by atoms with Crippen molar-refractivity contribution >= 4 is 26.5 Å². The molecule has 0 aliphatic rings. The highest BCUT2D eigenvalue weighted by Crippen LogP contribution is 2.21. The lowest BCUT2D eigenvalue weighted by molar-refractivity contribution is 0.601. The zero-order valence-electron chi connectivity index (χ0n) is 10.6. The third-order valence-corrected chi connectivity index (χ3v) is 4.38. The number of benzene rings is 3. The van der Waals surface area contributed by atoms with Crippen LogP contribution in [0.2, 0.25) is 0 Å². The molecule has 3 aromatic rings. The minimum absolute atomic E-state index is 0.254. The SMILES string of the molecule is O=S(=O)(Nc1cc[c]cc1)c1ccc2ccccc2c1. The Bertz CT molecular complexity index is 842. The molecule has 1 N–H and O–H groups in total. The summed E-state index contributed by atoms with van der Waals surface area (Å²) in [4.78, 5) is 0.254. The molecule has 20 heavy (non-hydrogen) atoms. The largest absolute Gasteiger partial charge is 0.280 e. The highest BCUT2D eigenvalue weighted by molar-refractivity contribution is 7.92. The minimum Gasteiger partial charge on any atom is -0.280 e. The third kappa shape index (κ3) is 2.51. The summed E-state index contributed by atoms with van der Waals surface area (Å²) in [6.07, 6.45) is 0. The van der Waals surface area contributed by atoms with Crippen LogP contribution in [0.25, 0.3) is 10.8 Å². The van der Waals surface area contributed by atoms with E-state index in [2.05, 4.69) is 10.8 Å². The first-order chi connectivity index (χ1) is 9.65. The standard InChI is InChI=1S/C16H12NO2S/c18-20(19,17-15-8-2-1-3-9-15)16-11-10-13-6-4-5-7-14(13)12-16/h2-12,17H. The van der Waals surface area contributed by atoms with Gasteiger partial charge in [0.2, 0.25) is 0 Å². The Hall–Kier alpha value is -2.33. The van der Waals surface area contributed by atoms with E-state index in [1.807, 2.05) is 30.3 Å². The first kappa shape index (κ1) is 12.7. The lowest BCUT2D eigenvalue weighted by Gasteiger charge is -2.08. The molecule has 0 saturated heterocycles. The van der Waals surface area contributed by atoms with Crippen molar-refractivity contribution in [3.8, 4) is 0 Å². The average molecular weight is 282 g/mol. The van der Waals surface area contributed by atoms with Gasteiger partial charge in [0.25, 0.3) is 10.0 Å². The number of nitrogens with one attached hydrogen (secondary N) is 1. The maximum Gasteiger partial charge on any atom is 0.261 e. The number of sulfonamides is 1. The fourth-order valence-electron chi connectivity index (χ4n) is 2.00. The number of rotatable bonds is 3. The summed E-state index contributed by atoms with van der Waals surface area (Å²) in [5.74, 6) is 0. The van der Waals surface area contributed by atoms with Crippen molar-refractivity contribution in [1.29, 1.82) is 0 Å². The second-order valence-corrected chi connectivity index (χ2v) is 6.09. The van der Waals surface area contributed by atoms with Gasteiger partial charge >= 0.3 is 0 Å². The van der Waals surface area contributed by atoms with E-state index in [0.29, 0.717) is 5.69 Å². The predicted octanol–water partition coefficient (Wildman–Crippen LogP) is 3.44. The monoisotopic (exact) mass is 282 g/mol. The molecule has 0 saturated carbocycles. The molecule has 4 heteroatoms. The normalized spacial score (nSPS) is 11.4. The quantitative estimate of drug-likeness (QED) is 0.800. The third-order valence-electron chi connectivity index (χ3n) is 3.00. The van der Waals surface area contributed by atoms with Crippen LogP contribution in [0.1, 0.15) is 0 Å². The molecule has 0 bridgehead atoms. The summed E-state index contributed by atoms with van der Waals surface area (Å²) < 4.78 is 27.2. The van der Waals surface area contributed by atoms with Gasteiger partial charge in [-0.25, -0.2) is 8.42 Å². The molecule has 3 nitrogen and oxygen atoms in total. The van der Waals surface area contributed by atoms with Gasteiger partial charge in [0.1, 0.15) is 0 Å². The molecule has 3 aromatic carbocycles. The highest BCUT2D eigenvalue weighted by atomic mass is 32.2. The van der Waals surface area contributed by atoms with Crippen molar-refractivity contribution in [2.45, 2.75) is 4.90 Å². The van der Waals surface area contributed by atoms with Crippen LogP contribution in [0.4, 0.5) is 5.69 Å². The van der Waals surface area contributed by atoms with Crippen LogP contribution in [-0.4, -0.2) is 8.42 Å². The van der Waals surface area contributed by atoms with Gasteiger partial charge in [-0.2, -0.15) is 0 Å². The molecule has 0 aliphatic carbocycles. The fourth-order valence-corrected chi connectivity index (χ4v) is 3.10. The van der Waals surface area contributed by atoms with E-state index in [1.165, 1.54) is 0 Å². The maximum atomic E-state index is 12.3. The fraction of sp³-hybridized carbons (Fsp3) is 0. The van der Waals surface area contributed by atoms with E-state index in [9.17, 15) is 8.42 Å². The Morgan fingerprint density at radius 3 is 2.30 bits per heavy atom. The molecule has 0 atom stereocenters. The van der Waals surface area contributed by atoms with E-state index in [0.717, 1.165) is 10.8 Å². The second kappa shape index (κ2) is 4.98. The number of anilines is 1. The van der Waals surface area contributed by atoms with E-state index in [4.69, 9.17) is 0 Å². The first-order valence-electron chi connectivity index (χ1n) is 6.13. The van der Waals surface area contributed by atoms with Gasteiger partial charge in [-0.1, -0.05) is 42.5 Å². The van der Waals surface area contributed by atoms with Crippen LogP contribution in [0.5, 0.6) is 0 Å². The van der Waals surface area contributed by atoms with Crippen molar-refractivity contribution in [1.82, 2.24) is 0 Å². The summed E-state index contributed by atoms with van der Waals surface area (Å²) in [6, 6.07) is 22.3. The lowest BCUT2D eigenvalue weighted by Crippen LogP contribution is -2.12. The topological polar surface area (TPSA) is 46.2 Å². The van der Waals surface area contributed by atoms with Crippen LogP contribution < -0.4 is 4.72 Å². The molecule has 99 valence electrons. The number of hydrogen-bond acceptors (Lipinski definition) is 2. The Balaban J connectivity index is 2.01. The van der Waals surface area contributed by atoms with Crippen LogP contribution in [0.15, 0.2) is 71.6 Å². The van der Waals surface area contributed by atoms with Gasteiger partial charge in [0, 0.05) is 5.69 Å². The van der Waals surface area contributed by atoms with E-state index < -0.39 is 10.0 Å². The summed E-state index contributed by atoms with van der Waals surface area (Å²) in [5.41, 5.74) is 0.525. The second-order valence-electron chi connectivity index (χ2n) is 4.40. The van der Waals surface area contributed by atoms with Crippen molar-refractivity contribution in [3.05, 3.63) is 72.8 Å². The van der Waals surface area contributed by atoms with E-state index in [1.54, 1.807) is 36.4 Å². The zero-order valence-corrected chi connectivity index (χ0v) is 11.4. The highest BCUT2D eigenvalue weighted by Gasteiger charge is 2.14. The molecule has 0 fully saturated rings. The zero-order chi connectivity index (χ0) is 14.0. The van der Waals surface area contributed by atoms with E-state index in [-0.39, 0.29) is 4.90 Å². The lowest BCUT2D eigenvalue weighted by atomic mass is 10.1. The molecule has 0 aliphatic heterocycles. The molecule has 0 amide bonds. The van der Waals surface area contributed by atoms with Gasteiger partial charge in [0.15, 0.2) is 0 Å². The minimum atomic E-state index is -3.57. The summed E-state index contributed by atoms with van der Waals surface area (Å²) in [6.45, 7) is 0. The molecule has 1 radical (unpaired) electrons. The summed E-state index contributed by atoms with van der Waals surface area (Å²) >= 11 is 0. The van der Waals surface area contributed by atoms with Gasteiger partial charge < -0.3 is 0 Å². The molecule has 0 unspecified atom stereocenters. The molecule has 0 heterocycles. The van der Waals surface area contributed by atoms with Gasteiger partial charge in [-0.15, -0.1) is 0 Å². The summed E-state index contributed by atoms with van der Waals surface area (Å²) in [7, 11) is -3.57. The molecule has 3 rings (SSSR count). The molecule has 0 aromatic heterocycles. The Labute approximate surface area is 117 Å². The van der Waals surface area contributed by atoms with Crippen molar-refractivity contribution in [2.75, 3.05) is 4.72 Å². The maximum absolute atomic E-state index is 12.3.